The molecule has 8 N–H and O–H groups in total. The maximum atomic E-state index is 10.9. The Balaban J connectivity index is 0.00000110. The minimum Gasteiger partial charge on any atom is -0.479 e. The quantitative estimate of drug-likeness (QED) is 0.0662. The Bertz CT molecular complexity index is 2640. The van der Waals surface area contributed by atoms with Crippen LogP contribution in [0.4, 0.5) is 0 Å². The molecule has 4 rings (SSSR count). The van der Waals surface area contributed by atoms with Gasteiger partial charge in [-0.15, -0.1) is 0 Å². The van der Waals surface area contributed by atoms with Crippen LogP contribution in [-0.4, -0.2) is 89.1 Å². The number of hydrogen-bond donors (Lipinski definition) is 8. The van der Waals surface area contributed by atoms with E-state index in [9.17, 15) is 39.6 Å². The zero-order valence-electron chi connectivity index (χ0n) is 55.3. The molecule has 0 bridgehead atoms. The van der Waals surface area contributed by atoms with Crippen LogP contribution in [-0.2, 0) is 62.5 Å². The van der Waals surface area contributed by atoms with E-state index >= 15 is 0 Å². The molecule has 12 nitrogen and oxygen atoms in total. The Kier molecular flexibility index (Phi) is 26.7. The van der Waals surface area contributed by atoms with Gasteiger partial charge in [0, 0.05) is 0 Å². The Morgan fingerprint density at radius 1 is 0.271 bits per heavy atom. The van der Waals surface area contributed by atoms with Crippen molar-refractivity contribution in [3.8, 4) is 0 Å². The van der Waals surface area contributed by atoms with E-state index in [4.69, 9.17) is 20.4 Å². The standard InChI is InChI=1S/4C18H26O3.CH4/c4*1-11(15(19)16(20)21)12-8-9-13(17(2,3)4)14(10-12)18(5,6)7;/h4*8-10,15,19H,1H2,2-7H3,(H,20,21);1H4. The molecule has 0 heterocycles. The first-order chi connectivity index (χ1) is 37.4. The van der Waals surface area contributed by atoms with Gasteiger partial charge in [-0.05, 0) is 132 Å². The summed E-state index contributed by atoms with van der Waals surface area (Å²) >= 11 is 0. The summed E-state index contributed by atoms with van der Waals surface area (Å²) in [5, 5.41) is 74.4. The van der Waals surface area contributed by atoms with Crippen LogP contribution >= 0.6 is 0 Å². The molecular formula is C73H108O12. The van der Waals surface area contributed by atoms with Gasteiger partial charge in [0.2, 0.25) is 0 Å². The summed E-state index contributed by atoms with van der Waals surface area (Å²) in [6, 6.07) is 23.2. The van der Waals surface area contributed by atoms with Crippen molar-refractivity contribution in [2.75, 3.05) is 0 Å². The number of carboxylic acids is 4. The van der Waals surface area contributed by atoms with E-state index in [1.807, 2.05) is 72.8 Å². The van der Waals surface area contributed by atoms with Gasteiger partial charge in [0.05, 0.1) is 0 Å². The van der Waals surface area contributed by atoms with E-state index in [-0.39, 0.29) is 73.0 Å². The molecule has 4 aromatic rings. The molecule has 0 radical (unpaired) electrons. The molecule has 0 spiro atoms. The maximum absolute atomic E-state index is 10.9. The predicted octanol–water partition coefficient (Wildman–Crippen LogP) is 15.6. The van der Waals surface area contributed by atoms with E-state index in [2.05, 4.69) is 192 Å². The van der Waals surface area contributed by atoms with Gasteiger partial charge < -0.3 is 40.9 Å². The largest absolute Gasteiger partial charge is 0.479 e. The van der Waals surface area contributed by atoms with Crippen LogP contribution in [0.3, 0.4) is 0 Å². The van der Waals surface area contributed by atoms with Gasteiger partial charge in [-0.2, -0.15) is 0 Å². The van der Waals surface area contributed by atoms with Crippen molar-refractivity contribution in [2.24, 2.45) is 0 Å². The molecule has 0 aliphatic rings. The lowest BCUT2D eigenvalue weighted by atomic mass is 9.74. The van der Waals surface area contributed by atoms with Crippen molar-refractivity contribution in [1.82, 2.24) is 0 Å². The third-order valence-corrected chi connectivity index (χ3v) is 14.3. The molecule has 4 atom stereocenters. The van der Waals surface area contributed by atoms with Crippen LogP contribution in [0.15, 0.2) is 99.1 Å². The second kappa shape index (κ2) is 28.8. The van der Waals surface area contributed by atoms with Crippen LogP contribution in [0, 0.1) is 0 Å². The molecule has 0 aliphatic carbocycles. The van der Waals surface area contributed by atoms with E-state index in [1.54, 1.807) is 0 Å². The van der Waals surface area contributed by atoms with E-state index in [1.165, 1.54) is 22.3 Å². The molecule has 0 aliphatic heterocycles. The fourth-order valence-electron chi connectivity index (χ4n) is 9.30. The lowest BCUT2D eigenvalue weighted by Crippen LogP contribution is -2.24. The predicted molar refractivity (Wildman–Crippen MR) is 353 cm³/mol. The van der Waals surface area contributed by atoms with Crippen LogP contribution in [0.2, 0.25) is 0 Å². The van der Waals surface area contributed by atoms with Gasteiger partial charge in [-0.1, -0.05) is 273 Å². The lowest BCUT2D eigenvalue weighted by Gasteiger charge is -2.31. The Labute approximate surface area is 511 Å². The van der Waals surface area contributed by atoms with E-state index in [0.717, 1.165) is 22.3 Å². The summed E-state index contributed by atoms with van der Waals surface area (Å²) in [6.07, 6.45) is -6.28. The normalized spacial score (nSPS) is 13.7. The van der Waals surface area contributed by atoms with Gasteiger partial charge >= 0.3 is 23.9 Å². The van der Waals surface area contributed by atoms with Crippen molar-refractivity contribution in [2.45, 2.75) is 241 Å². The highest BCUT2D eigenvalue weighted by atomic mass is 16.4. The van der Waals surface area contributed by atoms with Crippen LogP contribution in [0.25, 0.3) is 22.3 Å². The van der Waals surface area contributed by atoms with Crippen LogP contribution in [0.5, 0.6) is 0 Å². The maximum Gasteiger partial charge on any atom is 0.337 e. The number of carboxylic acid groups (broad SMARTS) is 4. The molecular weight excluding hydrogens is 1070 g/mol. The zero-order valence-corrected chi connectivity index (χ0v) is 55.3. The molecule has 0 amide bonds. The number of aliphatic carboxylic acids is 4. The summed E-state index contributed by atoms with van der Waals surface area (Å²) in [7, 11) is 0. The van der Waals surface area contributed by atoms with Gasteiger partial charge in [-0.3, -0.25) is 0 Å². The summed E-state index contributed by atoms with van der Waals surface area (Å²) < 4.78 is 0. The number of aliphatic hydroxyl groups excluding tert-OH is 4. The fourth-order valence-corrected chi connectivity index (χ4v) is 9.30. The molecule has 4 unspecified atom stereocenters. The summed E-state index contributed by atoms with van der Waals surface area (Å²) in [5.74, 6) is -5.12. The molecule has 4 aromatic carbocycles. The summed E-state index contributed by atoms with van der Waals surface area (Å²) in [5.41, 5.74) is 12.7. The third kappa shape index (κ3) is 22.1. The molecule has 85 heavy (non-hydrogen) atoms. The highest BCUT2D eigenvalue weighted by Crippen LogP contribution is 2.40. The van der Waals surface area contributed by atoms with Gasteiger partial charge in [0.25, 0.3) is 0 Å². The van der Waals surface area contributed by atoms with Gasteiger partial charge in [0.1, 0.15) is 0 Å². The fraction of sp³-hybridized carbons (Fsp3) is 0.507. The number of aliphatic hydroxyl groups is 4. The van der Waals surface area contributed by atoms with Gasteiger partial charge in [-0.25, -0.2) is 19.2 Å². The second-order valence-electron chi connectivity index (χ2n) is 30.1. The van der Waals surface area contributed by atoms with E-state index in [0.29, 0.717) is 22.3 Å². The number of carbonyl (C=O) groups is 4. The van der Waals surface area contributed by atoms with Crippen molar-refractivity contribution in [3.05, 3.63) is 166 Å². The van der Waals surface area contributed by atoms with Crippen LogP contribution < -0.4 is 0 Å². The van der Waals surface area contributed by atoms with Gasteiger partial charge in [0.15, 0.2) is 24.4 Å². The average molecular weight is 1180 g/mol. The number of hydrogen-bond acceptors (Lipinski definition) is 8. The first-order valence-electron chi connectivity index (χ1n) is 28.4. The Morgan fingerprint density at radius 2 is 0.388 bits per heavy atom. The van der Waals surface area contributed by atoms with Crippen molar-refractivity contribution < 1.29 is 60.0 Å². The molecule has 12 heteroatoms. The minimum atomic E-state index is -1.57. The molecule has 0 saturated carbocycles. The zero-order chi connectivity index (χ0) is 66.3. The first-order valence-corrected chi connectivity index (χ1v) is 28.4. The first kappa shape index (κ1) is 78.6. The molecule has 0 fully saturated rings. The van der Waals surface area contributed by atoms with Crippen molar-refractivity contribution >= 4 is 46.2 Å². The monoisotopic (exact) mass is 1180 g/mol. The average Bonchev–Trinajstić information content (AvgIpc) is 3.34. The Hall–Kier alpha value is -6.44. The third-order valence-electron chi connectivity index (χ3n) is 14.3. The van der Waals surface area contributed by atoms with Crippen molar-refractivity contribution in [3.63, 3.8) is 0 Å². The summed E-state index contributed by atoms with van der Waals surface area (Å²) in [4.78, 5) is 43.6. The molecule has 0 saturated heterocycles. The Morgan fingerprint density at radius 3 is 0.482 bits per heavy atom. The smallest absolute Gasteiger partial charge is 0.337 e. The second-order valence-corrected chi connectivity index (χ2v) is 30.1. The summed E-state index contributed by atoms with van der Waals surface area (Å²) in [6.45, 7) is 66.2. The van der Waals surface area contributed by atoms with Crippen LogP contribution in [0.1, 0.15) is 240 Å². The number of rotatable bonds is 12. The SMILES string of the molecule is C.C=C(c1ccc(C(C)(C)C)c(C(C)(C)C)c1)C(O)C(=O)O.C=C(c1ccc(C(C)(C)C)c(C(C)(C)C)c1)C(O)C(=O)O.C=C(c1ccc(C(C)(C)C)c(C(C)(C)C)c1)C(O)C(=O)O.C=C(c1ccc(C(C)(C)C)c(C(C)(C)C)c1)C(O)C(=O)O. The molecule has 472 valence electrons. The highest BCUT2D eigenvalue weighted by molar-refractivity contribution is 5.91. The highest BCUT2D eigenvalue weighted by Gasteiger charge is 2.32. The van der Waals surface area contributed by atoms with E-state index < -0.39 is 48.3 Å². The lowest BCUT2D eigenvalue weighted by molar-refractivity contribution is -0.144. The minimum absolute atomic E-state index is 0. The molecule has 0 aromatic heterocycles. The number of benzene rings is 4. The topological polar surface area (TPSA) is 230 Å². The van der Waals surface area contributed by atoms with Crippen molar-refractivity contribution in [1.29, 1.82) is 0 Å².